The van der Waals surface area contributed by atoms with E-state index in [9.17, 15) is 15.5 Å². The number of nitrogens with one attached hydrogen (secondary N) is 2. The van der Waals surface area contributed by atoms with Crippen LogP contribution in [0.1, 0.15) is 18.6 Å². The Bertz CT molecular complexity index is 1310. The molecule has 2 saturated heterocycles. The molecule has 2 aromatic carbocycles. The molecular formula is C29H34N4O5S. The van der Waals surface area contributed by atoms with Crippen molar-refractivity contribution in [3.63, 3.8) is 0 Å². The number of aliphatic hydroxyl groups is 2. The molecule has 0 spiro atoms. The van der Waals surface area contributed by atoms with E-state index in [1.807, 2.05) is 18.2 Å². The van der Waals surface area contributed by atoms with Crippen molar-refractivity contribution in [2.75, 3.05) is 51.3 Å². The van der Waals surface area contributed by atoms with Crippen molar-refractivity contribution in [1.82, 2.24) is 9.62 Å². The fourth-order valence-corrected chi connectivity index (χ4v) is 5.45. The first-order chi connectivity index (χ1) is 19.1. The van der Waals surface area contributed by atoms with Gasteiger partial charge < -0.3 is 29.4 Å². The lowest BCUT2D eigenvalue weighted by Crippen LogP contribution is -2.39. The van der Waals surface area contributed by atoms with E-state index >= 15 is 0 Å². The highest BCUT2D eigenvalue weighted by Gasteiger charge is 2.26. The number of nitrogens with zero attached hydrogens (tertiary/aromatic N) is 2. The summed E-state index contributed by atoms with van der Waals surface area (Å²) >= 11 is 1.17. The SMILES string of the molecule is N#C/C(=C\c1ccc(-c2ccc3cc(NCCN4CCOCC4)ccc3c2)o1)SNCC1CC(O)CC(O)O1. The van der Waals surface area contributed by atoms with E-state index in [-0.39, 0.29) is 12.5 Å². The van der Waals surface area contributed by atoms with Gasteiger partial charge in [0.25, 0.3) is 0 Å². The molecule has 3 atom stereocenters. The molecular weight excluding hydrogens is 516 g/mol. The average Bonchev–Trinajstić information content (AvgIpc) is 3.41. The summed E-state index contributed by atoms with van der Waals surface area (Å²) in [6, 6.07) is 18.5. The minimum absolute atomic E-state index is 0.221. The fourth-order valence-electron chi connectivity index (χ4n) is 4.80. The number of fused-ring (bicyclic) bond motifs is 1. The van der Waals surface area contributed by atoms with Gasteiger partial charge in [-0.05, 0) is 53.1 Å². The molecule has 0 bridgehead atoms. The highest BCUT2D eigenvalue weighted by Crippen LogP contribution is 2.29. The number of rotatable bonds is 10. The van der Waals surface area contributed by atoms with Crippen molar-refractivity contribution in [3.8, 4) is 17.4 Å². The first-order valence-electron chi connectivity index (χ1n) is 13.3. The van der Waals surface area contributed by atoms with E-state index in [2.05, 4.69) is 51.3 Å². The van der Waals surface area contributed by atoms with Gasteiger partial charge in [-0.2, -0.15) is 5.26 Å². The van der Waals surface area contributed by atoms with Crippen LogP contribution in [0.25, 0.3) is 28.2 Å². The lowest BCUT2D eigenvalue weighted by molar-refractivity contribution is -0.186. The van der Waals surface area contributed by atoms with Crippen LogP contribution in [0.3, 0.4) is 0 Å². The number of furan rings is 1. The van der Waals surface area contributed by atoms with Gasteiger partial charge in [0.1, 0.15) is 22.5 Å². The van der Waals surface area contributed by atoms with Gasteiger partial charge >= 0.3 is 0 Å². The second kappa shape index (κ2) is 13.5. The number of allylic oxidation sites excluding steroid dienone is 1. The van der Waals surface area contributed by atoms with Crippen LogP contribution in [0, 0.1) is 11.3 Å². The van der Waals surface area contributed by atoms with Gasteiger partial charge in [-0.1, -0.05) is 18.2 Å². The van der Waals surface area contributed by atoms with Crippen LogP contribution in [0.5, 0.6) is 0 Å². The lowest BCUT2D eigenvalue weighted by Gasteiger charge is -2.30. The van der Waals surface area contributed by atoms with Crippen molar-refractivity contribution < 1.29 is 24.1 Å². The number of hydrogen-bond donors (Lipinski definition) is 4. The molecule has 0 aliphatic carbocycles. The van der Waals surface area contributed by atoms with Crippen molar-refractivity contribution in [1.29, 1.82) is 5.26 Å². The normalized spacial score (nSPS) is 22.6. The summed E-state index contributed by atoms with van der Waals surface area (Å²) in [4.78, 5) is 2.84. The monoisotopic (exact) mass is 550 g/mol. The zero-order valence-corrected chi connectivity index (χ0v) is 22.5. The molecule has 206 valence electrons. The molecule has 0 amide bonds. The Kier molecular flexibility index (Phi) is 9.55. The van der Waals surface area contributed by atoms with Gasteiger partial charge in [0.05, 0.1) is 25.4 Å². The first-order valence-corrected chi connectivity index (χ1v) is 14.1. The van der Waals surface area contributed by atoms with Gasteiger partial charge in [-0.3, -0.25) is 9.62 Å². The Morgan fingerprint density at radius 2 is 1.90 bits per heavy atom. The second-order valence-corrected chi connectivity index (χ2v) is 10.7. The molecule has 3 aromatic rings. The molecule has 10 heteroatoms. The molecule has 0 radical (unpaired) electrons. The number of hydrogen-bond acceptors (Lipinski definition) is 10. The minimum Gasteiger partial charge on any atom is -0.457 e. The molecule has 9 nitrogen and oxygen atoms in total. The van der Waals surface area contributed by atoms with Crippen LogP contribution in [0.15, 0.2) is 57.9 Å². The largest absolute Gasteiger partial charge is 0.457 e. The molecule has 0 saturated carbocycles. The summed E-state index contributed by atoms with van der Waals surface area (Å²) in [5.41, 5.74) is 2.07. The summed E-state index contributed by atoms with van der Waals surface area (Å²) in [6.45, 7) is 5.91. The van der Waals surface area contributed by atoms with Gasteiger partial charge in [-0.25, -0.2) is 0 Å². The van der Waals surface area contributed by atoms with Crippen LogP contribution >= 0.6 is 11.9 Å². The van der Waals surface area contributed by atoms with Crippen LogP contribution < -0.4 is 10.0 Å². The fraction of sp³-hybridized carbons (Fsp3) is 0.414. The number of ether oxygens (including phenoxy) is 2. The zero-order chi connectivity index (χ0) is 27.0. The third-order valence-electron chi connectivity index (χ3n) is 6.85. The maximum absolute atomic E-state index is 9.78. The maximum atomic E-state index is 9.78. The van der Waals surface area contributed by atoms with Crippen molar-refractivity contribution in [2.45, 2.75) is 31.3 Å². The molecule has 2 aliphatic rings. The number of aliphatic hydroxyl groups excluding tert-OH is 2. The predicted octanol–water partition coefficient (Wildman–Crippen LogP) is 3.80. The quantitative estimate of drug-likeness (QED) is 0.219. The third-order valence-corrected chi connectivity index (χ3v) is 7.59. The number of nitriles is 1. The van der Waals surface area contributed by atoms with E-state index in [1.54, 1.807) is 6.08 Å². The van der Waals surface area contributed by atoms with Crippen LogP contribution in [-0.2, 0) is 9.47 Å². The second-order valence-electron chi connectivity index (χ2n) is 9.77. The number of morpholine rings is 1. The molecule has 4 N–H and O–H groups in total. The van der Waals surface area contributed by atoms with E-state index in [4.69, 9.17) is 13.9 Å². The van der Waals surface area contributed by atoms with Crippen molar-refractivity contribution in [2.24, 2.45) is 0 Å². The standard InChI is InChI=1S/C29H34N4O5S/c30-18-27(39-32-19-26-15-24(34)16-29(35)38-26)17-25-5-6-28(37-25)22-2-1-21-14-23(4-3-20(21)13-22)31-7-8-33-9-11-36-12-10-33/h1-6,13-14,17,24,26,29,31-32,34-35H,7-12,15-16,19H2/b27-17+. The summed E-state index contributed by atoms with van der Waals surface area (Å²) in [5.74, 6) is 1.31. The zero-order valence-electron chi connectivity index (χ0n) is 21.7. The Morgan fingerprint density at radius 3 is 2.72 bits per heavy atom. The van der Waals surface area contributed by atoms with E-state index in [0.29, 0.717) is 23.6 Å². The highest BCUT2D eigenvalue weighted by atomic mass is 32.2. The topological polar surface area (TPSA) is 123 Å². The van der Waals surface area contributed by atoms with Crippen LogP contribution in [0.4, 0.5) is 5.69 Å². The van der Waals surface area contributed by atoms with Gasteiger partial charge in [0, 0.05) is 62.9 Å². The Hall–Kier alpha value is -2.88. The number of anilines is 1. The molecule has 2 fully saturated rings. The maximum Gasteiger partial charge on any atom is 0.157 e. The van der Waals surface area contributed by atoms with Crippen molar-refractivity contribution in [3.05, 3.63) is 59.2 Å². The molecule has 3 unspecified atom stereocenters. The summed E-state index contributed by atoms with van der Waals surface area (Å²) in [6.07, 6.45) is 0.480. The van der Waals surface area contributed by atoms with Crippen LogP contribution in [0.2, 0.25) is 0 Å². The van der Waals surface area contributed by atoms with E-state index in [0.717, 1.165) is 67.2 Å². The summed E-state index contributed by atoms with van der Waals surface area (Å²) < 4.78 is 19.9. The molecule has 1 aromatic heterocycles. The Morgan fingerprint density at radius 1 is 1.08 bits per heavy atom. The minimum atomic E-state index is -0.961. The molecule has 3 heterocycles. The van der Waals surface area contributed by atoms with Crippen LogP contribution in [-0.4, -0.2) is 79.5 Å². The Balaban J connectivity index is 1.16. The van der Waals surface area contributed by atoms with E-state index in [1.165, 1.54) is 11.9 Å². The predicted molar refractivity (Wildman–Crippen MR) is 153 cm³/mol. The molecule has 5 rings (SSSR count). The van der Waals surface area contributed by atoms with Gasteiger partial charge in [-0.15, -0.1) is 0 Å². The van der Waals surface area contributed by atoms with Gasteiger partial charge in [0.2, 0.25) is 0 Å². The van der Waals surface area contributed by atoms with E-state index < -0.39 is 12.4 Å². The lowest BCUT2D eigenvalue weighted by atomic mass is 10.0. The third kappa shape index (κ3) is 7.84. The molecule has 2 aliphatic heterocycles. The summed E-state index contributed by atoms with van der Waals surface area (Å²) in [7, 11) is 0. The van der Waals surface area contributed by atoms with Crippen molar-refractivity contribution >= 4 is 34.5 Å². The average molecular weight is 551 g/mol. The van der Waals surface area contributed by atoms with Gasteiger partial charge in [0.15, 0.2) is 6.29 Å². The first kappa shape index (κ1) is 27.7. The number of benzene rings is 2. The smallest absolute Gasteiger partial charge is 0.157 e. The highest BCUT2D eigenvalue weighted by molar-refractivity contribution is 8.01. The summed E-state index contributed by atoms with van der Waals surface area (Å²) in [5, 5.41) is 34.8. The Labute approximate surface area is 232 Å². The molecule has 39 heavy (non-hydrogen) atoms.